The Morgan fingerprint density at radius 2 is 2.08 bits per heavy atom. The Labute approximate surface area is 149 Å². The molecule has 0 spiro atoms. The molecule has 2 aromatic rings. The van der Waals surface area contributed by atoms with Crippen LogP contribution in [0.1, 0.15) is 46.4 Å². The van der Waals surface area contributed by atoms with E-state index < -0.39 is 0 Å². The lowest BCUT2D eigenvalue weighted by Gasteiger charge is -2.20. The van der Waals surface area contributed by atoms with Gasteiger partial charge in [0.2, 0.25) is 0 Å². The first-order chi connectivity index (χ1) is 11.9. The number of hydrogen-bond acceptors (Lipinski definition) is 4. The summed E-state index contributed by atoms with van der Waals surface area (Å²) in [4.78, 5) is 0. The third-order valence-electron chi connectivity index (χ3n) is 5.54. The quantitative estimate of drug-likeness (QED) is 0.907. The monoisotopic (exact) mass is 341 g/mol. The minimum absolute atomic E-state index is 0.118. The van der Waals surface area contributed by atoms with Gasteiger partial charge in [-0.15, -0.1) is 0 Å². The highest BCUT2D eigenvalue weighted by Gasteiger charge is 2.33. The molecule has 1 fully saturated rings. The van der Waals surface area contributed by atoms with E-state index in [0.717, 1.165) is 37.5 Å². The van der Waals surface area contributed by atoms with Crippen LogP contribution in [0.25, 0.3) is 0 Å². The predicted octanol–water partition coefficient (Wildman–Crippen LogP) is 2.42. The van der Waals surface area contributed by atoms with Crippen LogP contribution in [-0.4, -0.2) is 27.5 Å². The van der Waals surface area contributed by atoms with Crippen LogP contribution < -0.4 is 5.32 Å². The zero-order chi connectivity index (χ0) is 18.1. The van der Waals surface area contributed by atoms with Crippen molar-refractivity contribution >= 4 is 0 Å². The lowest BCUT2D eigenvalue weighted by atomic mass is 9.94. The van der Waals surface area contributed by atoms with Crippen LogP contribution in [0.15, 0.2) is 6.07 Å². The van der Waals surface area contributed by atoms with Crippen molar-refractivity contribution in [1.82, 2.24) is 19.7 Å². The molecule has 2 aromatic heterocycles. The second-order valence-electron chi connectivity index (χ2n) is 6.99. The SMILES string of the molecule is Cc1nn(C)c(C)c1[C@@H]1OCC[C@H]1CNCc1cc(C#N)n(C)c1C. The Balaban J connectivity index is 1.66. The second kappa shape index (κ2) is 7.03. The number of hydrogen-bond donors (Lipinski definition) is 1. The number of aryl methyl sites for hydroxylation is 2. The molecule has 0 bridgehead atoms. The Morgan fingerprint density at radius 1 is 1.32 bits per heavy atom. The van der Waals surface area contributed by atoms with Crippen LogP contribution >= 0.6 is 0 Å². The number of nitriles is 1. The predicted molar refractivity (Wildman–Crippen MR) is 96.1 cm³/mol. The molecule has 2 atom stereocenters. The maximum absolute atomic E-state index is 9.15. The molecule has 1 saturated heterocycles. The molecule has 1 N–H and O–H groups in total. The number of nitrogens with zero attached hydrogens (tertiary/aromatic N) is 4. The van der Waals surface area contributed by atoms with Gasteiger partial charge < -0.3 is 14.6 Å². The van der Waals surface area contributed by atoms with Crippen LogP contribution in [0, 0.1) is 38.0 Å². The lowest BCUT2D eigenvalue weighted by molar-refractivity contribution is 0.0893. The van der Waals surface area contributed by atoms with E-state index in [-0.39, 0.29) is 6.10 Å². The van der Waals surface area contributed by atoms with Gasteiger partial charge in [0.15, 0.2) is 0 Å². The number of nitrogens with one attached hydrogen (secondary N) is 1. The maximum atomic E-state index is 9.15. The summed E-state index contributed by atoms with van der Waals surface area (Å²) in [7, 11) is 3.92. The lowest BCUT2D eigenvalue weighted by Crippen LogP contribution is -2.25. The molecule has 0 aromatic carbocycles. The molecule has 0 saturated carbocycles. The third kappa shape index (κ3) is 3.22. The van der Waals surface area contributed by atoms with Gasteiger partial charge in [0.1, 0.15) is 11.8 Å². The summed E-state index contributed by atoms with van der Waals surface area (Å²) in [6, 6.07) is 4.21. The van der Waals surface area contributed by atoms with Crippen LogP contribution in [-0.2, 0) is 25.4 Å². The minimum atomic E-state index is 0.118. The van der Waals surface area contributed by atoms with E-state index in [0.29, 0.717) is 11.6 Å². The number of aromatic nitrogens is 3. The molecule has 3 heterocycles. The van der Waals surface area contributed by atoms with Gasteiger partial charge in [-0.1, -0.05) is 0 Å². The molecule has 1 aliphatic heterocycles. The van der Waals surface area contributed by atoms with E-state index in [9.17, 15) is 0 Å². The molecule has 0 unspecified atom stereocenters. The standard InChI is InChI=1S/C19H27N5O/c1-12-18(14(3)24(5)22-12)19-15(6-7-25-19)10-21-11-16-8-17(9-20)23(4)13(16)2/h8,15,19,21H,6-7,10-11H2,1-5H3/t15-,19+/m0/s1. The highest BCUT2D eigenvalue weighted by atomic mass is 16.5. The molecule has 0 aliphatic carbocycles. The first kappa shape index (κ1) is 17.7. The molecule has 25 heavy (non-hydrogen) atoms. The zero-order valence-electron chi connectivity index (χ0n) is 15.8. The summed E-state index contributed by atoms with van der Waals surface area (Å²) < 4.78 is 9.94. The van der Waals surface area contributed by atoms with E-state index in [4.69, 9.17) is 10.00 Å². The van der Waals surface area contributed by atoms with Crippen molar-refractivity contribution < 1.29 is 4.74 Å². The van der Waals surface area contributed by atoms with Crippen molar-refractivity contribution in [1.29, 1.82) is 5.26 Å². The molecule has 3 rings (SSSR count). The van der Waals surface area contributed by atoms with Gasteiger partial charge in [-0.25, -0.2) is 0 Å². The van der Waals surface area contributed by atoms with E-state index in [1.54, 1.807) is 0 Å². The van der Waals surface area contributed by atoms with E-state index >= 15 is 0 Å². The minimum Gasteiger partial charge on any atom is -0.373 e. The molecular formula is C19H27N5O. The topological polar surface area (TPSA) is 67.8 Å². The Bertz CT molecular complexity index is 811. The van der Waals surface area contributed by atoms with Crippen LogP contribution in [0.2, 0.25) is 0 Å². The highest BCUT2D eigenvalue weighted by molar-refractivity contribution is 5.34. The van der Waals surface area contributed by atoms with E-state index in [1.807, 2.05) is 29.4 Å². The highest BCUT2D eigenvalue weighted by Crippen LogP contribution is 2.37. The number of rotatable bonds is 5. The fourth-order valence-electron chi connectivity index (χ4n) is 3.80. The fraction of sp³-hybridized carbons (Fsp3) is 0.579. The average Bonchev–Trinajstić information content (AvgIpc) is 3.21. The van der Waals surface area contributed by atoms with Gasteiger partial charge in [0.05, 0.1) is 11.8 Å². The van der Waals surface area contributed by atoms with Gasteiger partial charge in [-0.3, -0.25) is 4.68 Å². The smallest absolute Gasteiger partial charge is 0.120 e. The summed E-state index contributed by atoms with van der Waals surface area (Å²) in [5.74, 6) is 0.445. The normalized spacial score (nSPS) is 20.2. The van der Waals surface area contributed by atoms with Crippen LogP contribution in [0.3, 0.4) is 0 Å². The largest absolute Gasteiger partial charge is 0.373 e. The zero-order valence-corrected chi connectivity index (χ0v) is 15.8. The molecule has 1 aliphatic rings. The van der Waals surface area contributed by atoms with Crippen molar-refractivity contribution in [2.45, 2.75) is 39.8 Å². The summed E-state index contributed by atoms with van der Waals surface area (Å²) in [5, 5.41) is 17.3. The molecule has 134 valence electrons. The van der Waals surface area contributed by atoms with E-state index in [2.05, 4.69) is 37.3 Å². The second-order valence-corrected chi connectivity index (χ2v) is 6.99. The van der Waals surface area contributed by atoms with Crippen molar-refractivity contribution in [2.75, 3.05) is 13.2 Å². The van der Waals surface area contributed by atoms with Crippen LogP contribution in [0.4, 0.5) is 0 Å². The summed E-state index contributed by atoms with van der Waals surface area (Å²) in [6.07, 6.45) is 1.18. The molecule has 0 radical (unpaired) electrons. The summed E-state index contributed by atoms with van der Waals surface area (Å²) in [6.45, 7) is 8.70. The van der Waals surface area contributed by atoms with Crippen molar-refractivity contribution in [3.05, 3.63) is 40.0 Å². The Kier molecular flexibility index (Phi) is 4.98. The molecule has 6 nitrogen and oxygen atoms in total. The summed E-state index contributed by atoms with van der Waals surface area (Å²) >= 11 is 0. The van der Waals surface area contributed by atoms with Crippen molar-refractivity contribution in [2.24, 2.45) is 20.0 Å². The van der Waals surface area contributed by atoms with Crippen molar-refractivity contribution in [3.63, 3.8) is 0 Å². The molecule has 6 heteroatoms. The third-order valence-corrected chi connectivity index (χ3v) is 5.54. The van der Waals surface area contributed by atoms with Gasteiger partial charge in [-0.2, -0.15) is 10.4 Å². The number of ether oxygens (including phenoxy) is 1. The first-order valence-corrected chi connectivity index (χ1v) is 8.81. The van der Waals surface area contributed by atoms with Gasteiger partial charge in [-0.05, 0) is 38.8 Å². The Hall–Kier alpha value is -2.10. The fourth-order valence-corrected chi connectivity index (χ4v) is 3.80. The molecule has 0 amide bonds. The van der Waals surface area contributed by atoms with Gasteiger partial charge in [0.25, 0.3) is 0 Å². The summed E-state index contributed by atoms with van der Waals surface area (Å²) in [5.41, 5.74) is 6.53. The van der Waals surface area contributed by atoms with Gasteiger partial charge in [0, 0.05) is 56.7 Å². The Morgan fingerprint density at radius 3 is 2.68 bits per heavy atom. The van der Waals surface area contributed by atoms with Crippen molar-refractivity contribution in [3.8, 4) is 6.07 Å². The first-order valence-electron chi connectivity index (χ1n) is 8.81. The van der Waals surface area contributed by atoms with Gasteiger partial charge >= 0.3 is 0 Å². The average molecular weight is 341 g/mol. The molecular weight excluding hydrogens is 314 g/mol. The van der Waals surface area contributed by atoms with E-state index in [1.165, 1.54) is 16.8 Å². The maximum Gasteiger partial charge on any atom is 0.120 e. The van der Waals surface area contributed by atoms with Crippen LogP contribution in [0.5, 0.6) is 0 Å².